The zero-order valence-electron chi connectivity index (χ0n) is 12.6. The van der Waals surface area contributed by atoms with Crippen molar-refractivity contribution in [2.24, 2.45) is 0 Å². The van der Waals surface area contributed by atoms with Gasteiger partial charge in [0, 0.05) is 6.04 Å². The summed E-state index contributed by atoms with van der Waals surface area (Å²) in [6.07, 6.45) is 0. The van der Waals surface area contributed by atoms with E-state index >= 15 is 0 Å². The van der Waals surface area contributed by atoms with Gasteiger partial charge >= 0.3 is 0 Å². The Hall–Kier alpha value is -1.65. The summed E-state index contributed by atoms with van der Waals surface area (Å²) in [5, 5.41) is 3.12. The molecule has 21 heavy (non-hydrogen) atoms. The third kappa shape index (κ3) is 3.71. The Morgan fingerprint density at radius 2 is 1.62 bits per heavy atom. The van der Waals surface area contributed by atoms with Crippen LogP contribution in [0.4, 0.5) is 0 Å². The second-order valence-electron chi connectivity index (χ2n) is 5.29. The highest BCUT2D eigenvalue weighted by Crippen LogP contribution is 2.22. The molecule has 2 rings (SSSR count). The molecule has 0 bridgehead atoms. The number of hydrogen-bond acceptors (Lipinski definition) is 3. The fraction of sp³-hybridized carbons (Fsp3) is 0.294. The molecule has 0 amide bonds. The molecule has 1 atom stereocenters. The van der Waals surface area contributed by atoms with E-state index in [2.05, 4.69) is 5.32 Å². The lowest BCUT2D eigenvalue weighted by atomic mass is 10.0. The van der Waals surface area contributed by atoms with Crippen LogP contribution in [-0.2, 0) is 9.84 Å². The smallest absolute Gasteiger partial charge is 0.180 e. The highest BCUT2D eigenvalue weighted by atomic mass is 32.2. The highest BCUT2D eigenvalue weighted by Gasteiger charge is 2.22. The van der Waals surface area contributed by atoms with E-state index in [4.69, 9.17) is 0 Å². The molecular formula is C17H21NO2S. The minimum absolute atomic E-state index is 0.0530. The maximum absolute atomic E-state index is 12.6. The Kier molecular flexibility index (Phi) is 4.80. The SMILES string of the molecule is CNC(CS(=O)(=O)c1ccc(C)cc1)c1ccccc1C. The summed E-state index contributed by atoms with van der Waals surface area (Å²) in [5.41, 5.74) is 3.17. The summed E-state index contributed by atoms with van der Waals surface area (Å²) >= 11 is 0. The standard InChI is InChI=1S/C17H21NO2S/c1-13-8-10-15(11-9-13)21(19,20)12-17(18-3)16-7-5-4-6-14(16)2/h4-11,17-18H,12H2,1-3H3. The second kappa shape index (κ2) is 6.41. The first-order valence-corrected chi connectivity index (χ1v) is 8.61. The first-order valence-electron chi connectivity index (χ1n) is 6.96. The van der Waals surface area contributed by atoms with Crippen LogP contribution < -0.4 is 5.32 Å². The van der Waals surface area contributed by atoms with Crippen molar-refractivity contribution in [3.05, 3.63) is 65.2 Å². The molecule has 0 fully saturated rings. The number of nitrogens with one attached hydrogen (secondary N) is 1. The highest BCUT2D eigenvalue weighted by molar-refractivity contribution is 7.91. The van der Waals surface area contributed by atoms with Gasteiger partial charge in [0.1, 0.15) is 0 Å². The molecule has 2 aromatic carbocycles. The summed E-state index contributed by atoms with van der Waals surface area (Å²) in [7, 11) is -1.52. The zero-order chi connectivity index (χ0) is 15.5. The summed E-state index contributed by atoms with van der Waals surface area (Å²) in [5.74, 6) is 0.0530. The molecular weight excluding hydrogens is 282 g/mol. The number of hydrogen-bond donors (Lipinski definition) is 1. The van der Waals surface area contributed by atoms with Crippen LogP contribution in [0.1, 0.15) is 22.7 Å². The van der Waals surface area contributed by atoms with E-state index in [0.29, 0.717) is 4.90 Å². The molecule has 0 saturated heterocycles. The minimum atomic E-state index is -3.32. The number of sulfone groups is 1. The molecule has 0 spiro atoms. The Morgan fingerprint density at radius 1 is 1.00 bits per heavy atom. The predicted molar refractivity (Wildman–Crippen MR) is 86.2 cm³/mol. The summed E-state index contributed by atoms with van der Waals surface area (Å²) in [6, 6.07) is 14.7. The van der Waals surface area contributed by atoms with Gasteiger partial charge in [0.25, 0.3) is 0 Å². The third-order valence-electron chi connectivity index (χ3n) is 3.68. The van der Waals surface area contributed by atoms with Crippen LogP contribution in [0.5, 0.6) is 0 Å². The maximum atomic E-state index is 12.6. The molecule has 0 aromatic heterocycles. The molecule has 1 unspecified atom stereocenters. The molecule has 0 aliphatic heterocycles. The van der Waals surface area contributed by atoms with Crippen LogP contribution in [0.15, 0.2) is 53.4 Å². The van der Waals surface area contributed by atoms with Crippen molar-refractivity contribution in [3.8, 4) is 0 Å². The van der Waals surface area contributed by atoms with Gasteiger partial charge in [0.2, 0.25) is 0 Å². The van der Waals surface area contributed by atoms with Crippen LogP contribution in [-0.4, -0.2) is 21.2 Å². The molecule has 0 radical (unpaired) electrons. The topological polar surface area (TPSA) is 46.2 Å². The molecule has 1 N–H and O–H groups in total. The van der Waals surface area contributed by atoms with Crippen LogP contribution in [0, 0.1) is 13.8 Å². The van der Waals surface area contributed by atoms with Crippen molar-refractivity contribution in [1.82, 2.24) is 5.32 Å². The Morgan fingerprint density at radius 3 is 2.19 bits per heavy atom. The summed E-state index contributed by atoms with van der Waals surface area (Å²) in [4.78, 5) is 0.377. The fourth-order valence-electron chi connectivity index (χ4n) is 2.37. The van der Waals surface area contributed by atoms with Gasteiger partial charge in [0.05, 0.1) is 10.6 Å². The number of benzene rings is 2. The van der Waals surface area contributed by atoms with Crippen LogP contribution in [0.25, 0.3) is 0 Å². The zero-order valence-corrected chi connectivity index (χ0v) is 13.4. The van der Waals surface area contributed by atoms with Crippen molar-refractivity contribution in [2.45, 2.75) is 24.8 Å². The molecule has 0 heterocycles. The van der Waals surface area contributed by atoms with Gasteiger partial charge in [-0.25, -0.2) is 8.42 Å². The van der Waals surface area contributed by atoms with Crippen LogP contribution in [0.2, 0.25) is 0 Å². The second-order valence-corrected chi connectivity index (χ2v) is 7.33. The summed E-state index contributed by atoms with van der Waals surface area (Å²) in [6.45, 7) is 3.94. The Bertz CT molecular complexity index is 706. The number of aryl methyl sites for hydroxylation is 2. The lowest BCUT2D eigenvalue weighted by Crippen LogP contribution is -2.26. The van der Waals surface area contributed by atoms with Crippen molar-refractivity contribution in [3.63, 3.8) is 0 Å². The van der Waals surface area contributed by atoms with Crippen LogP contribution in [0.3, 0.4) is 0 Å². The monoisotopic (exact) mass is 303 g/mol. The van der Waals surface area contributed by atoms with Crippen molar-refractivity contribution in [2.75, 3.05) is 12.8 Å². The van der Waals surface area contributed by atoms with Gasteiger partial charge in [-0.3, -0.25) is 0 Å². The normalized spacial score (nSPS) is 13.1. The third-order valence-corrected chi connectivity index (χ3v) is 5.44. The molecule has 112 valence electrons. The molecule has 4 heteroatoms. The average Bonchev–Trinajstić information content (AvgIpc) is 2.46. The van der Waals surface area contributed by atoms with Gasteiger partial charge < -0.3 is 5.32 Å². The van der Waals surface area contributed by atoms with E-state index in [1.807, 2.05) is 50.2 Å². The lowest BCUT2D eigenvalue weighted by Gasteiger charge is -2.19. The van der Waals surface area contributed by atoms with Crippen molar-refractivity contribution >= 4 is 9.84 Å². The van der Waals surface area contributed by atoms with E-state index < -0.39 is 9.84 Å². The largest absolute Gasteiger partial charge is 0.312 e. The predicted octanol–water partition coefficient (Wildman–Crippen LogP) is 3.04. The van der Waals surface area contributed by atoms with E-state index in [9.17, 15) is 8.42 Å². The van der Waals surface area contributed by atoms with Gasteiger partial charge in [0.15, 0.2) is 9.84 Å². The maximum Gasteiger partial charge on any atom is 0.180 e. The quantitative estimate of drug-likeness (QED) is 0.923. The summed E-state index contributed by atoms with van der Waals surface area (Å²) < 4.78 is 25.1. The molecule has 3 nitrogen and oxygen atoms in total. The molecule has 0 aliphatic carbocycles. The molecule has 2 aromatic rings. The average molecular weight is 303 g/mol. The molecule has 0 saturated carbocycles. The fourth-order valence-corrected chi connectivity index (χ4v) is 3.90. The van der Waals surface area contributed by atoms with E-state index in [1.165, 1.54) is 0 Å². The van der Waals surface area contributed by atoms with Gasteiger partial charge in [-0.1, -0.05) is 42.0 Å². The van der Waals surface area contributed by atoms with Crippen molar-refractivity contribution in [1.29, 1.82) is 0 Å². The van der Waals surface area contributed by atoms with E-state index in [-0.39, 0.29) is 11.8 Å². The number of rotatable bonds is 5. The van der Waals surface area contributed by atoms with E-state index in [1.54, 1.807) is 19.2 Å². The Labute approximate surface area is 126 Å². The van der Waals surface area contributed by atoms with Gasteiger partial charge in [-0.05, 0) is 44.2 Å². The van der Waals surface area contributed by atoms with Gasteiger partial charge in [-0.15, -0.1) is 0 Å². The van der Waals surface area contributed by atoms with E-state index in [0.717, 1.165) is 16.7 Å². The Balaban J connectivity index is 2.30. The molecule has 0 aliphatic rings. The van der Waals surface area contributed by atoms with Crippen LogP contribution >= 0.6 is 0 Å². The first-order chi connectivity index (χ1) is 9.94. The van der Waals surface area contributed by atoms with Gasteiger partial charge in [-0.2, -0.15) is 0 Å². The lowest BCUT2D eigenvalue weighted by molar-refractivity contribution is 0.573. The van der Waals surface area contributed by atoms with Crippen molar-refractivity contribution < 1.29 is 8.42 Å². The minimum Gasteiger partial charge on any atom is -0.312 e. The first kappa shape index (κ1) is 15.7.